The van der Waals surface area contributed by atoms with Crippen LogP contribution in [0.1, 0.15) is 25.7 Å². The van der Waals surface area contributed by atoms with Gasteiger partial charge < -0.3 is 29.9 Å². The summed E-state index contributed by atoms with van der Waals surface area (Å²) in [6, 6.07) is 4.88. The summed E-state index contributed by atoms with van der Waals surface area (Å²) in [5, 5.41) is 5.66. The van der Waals surface area contributed by atoms with Crippen LogP contribution in [-0.4, -0.2) is 68.2 Å². The SMILES string of the molecule is O=C(NCCCN1CCCC1=O)N[C@H]1CC(=O)N(c2ccc3c(c2)OCCO3)C1. The molecule has 2 N–H and O–H groups in total. The second-order valence-corrected chi connectivity index (χ2v) is 7.47. The smallest absolute Gasteiger partial charge is 0.315 e. The molecule has 0 aromatic heterocycles. The lowest BCUT2D eigenvalue weighted by Gasteiger charge is -2.22. The van der Waals surface area contributed by atoms with Crippen LogP contribution in [0.15, 0.2) is 18.2 Å². The Balaban J connectivity index is 1.23. The number of urea groups is 1. The molecule has 0 aliphatic carbocycles. The van der Waals surface area contributed by atoms with Crippen LogP contribution in [0.3, 0.4) is 0 Å². The lowest BCUT2D eigenvalue weighted by Crippen LogP contribution is -2.44. The summed E-state index contributed by atoms with van der Waals surface area (Å²) >= 11 is 0. The van der Waals surface area contributed by atoms with Crippen molar-refractivity contribution < 1.29 is 23.9 Å². The van der Waals surface area contributed by atoms with Crippen molar-refractivity contribution in [3.63, 3.8) is 0 Å². The van der Waals surface area contributed by atoms with Gasteiger partial charge in [0.15, 0.2) is 11.5 Å². The molecule has 1 atom stereocenters. The average molecular weight is 402 g/mol. The third kappa shape index (κ3) is 4.55. The lowest BCUT2D eigenvalue weighted by molar-refractivity contribution is -0.127. The van der Waals surface area contributed by atoms with Gasteiger partial charge in [-0.2, -0.15) is 0 Å². The lowest BCUT2D eigenvalue weighted by atomic mass is 10.2. The summed E-state index contributed by atoms with van der Waals surface area (Å²) < 4.78 is 11.1. The molecule has 9 heteroatoms. The largest absolute Gasteiger partial charge is 0.486 e. The normalized spacial score (nSPS) is 20.9. The summed E-state index contributed by atoms with van der Waals surface area (Å²) in [7, 11) is 0. The van der Waals surface area contributed by atoms with Crippen LogP contribution in [0.2, 0.25) is 0 Å². The molecule has 2 fully saturated rings. The van der Waals surface area contributed by atoms with Crippen LogP contribution < -0.4 is 25.0 Å². The van der Waals surface area contributed by atoms with E-state index in [-0.39, 0.29) is 30.3 Å². The number of carbonyl (C=O) groups excluding carboxylic acids is 3. The minimum Gasteiger partial charge on any atom is -0.486 e. The van der Waals surface area contributed by atoms with Crippen LogP contribution in [0.4, 0.5) is 10.5 Å². The van der Waals surface area contributed by atoms with Crippen molar-refractivity contribution in [1.29, 1.82) is 0 Å². The van der Waals surface area contributed by atoms with E-state index in [4.69, 9.17) is 9.47 Å². The molecule has 0 unspecified atom stereocenters. The van der Waals surface area contributed by atoms with E-state index >= 15 is 0 Å². The molecule has 2 saturated heterocycles. The standard InChI is InChI=1S/C20H26N4O5/c25-18-3-1-7-23(18)8-2-6-21-20(27)22-14-11-19(26)24(13-14)15-4-5-16-17(12-15)29-10-9-28-16/h4-5,12,14H,1-3,6-11,13H2,(H2,21,22,27)/t14-/m0/s1. The summed E-state index contributed by atoms with van der Waals surface area (Å²) in [6.45, 7) is 3.38. The minimum atomic E-state index is -0.292. The maximum absolute atomic E-state index is 12.4. The highest BCUT2D eigenvalue weighted by Gasteiger charge is 2.32. The summed E-state index contributed by atoms with van der Waals surface area (Å²) in [6.07, 6.45) is 2.52. The van der Waals surface area contributed by atoms with Crippen molar-refractivity contribution >= 4 is 23.5 Å². The van der Waals surface area contributed by atoms with Gasteiger partial charge in [0.25, 0.3) is 0 Å². The fourth-order valence-corrected chi connectivity index (χ4v) is 3.90. The molecule has 1 aromatic carbocycles. The van der Waals surface area contributed by atoms with Gasteiger partial charge in [0.05, 0.1) is 6.04 Å². The quantitative estimate of drug-likeness (QED) is 0.688. The molecule has 9 nitrogen and oxygen atoms in total. The van der Waals surface area contributed by atoms with Crippen LogP contribution in [0.5, 0.6) is 11.5 Å². The highest BCUT2D eigenvalue weighted by molar-refractivity contribution is 5.97. The van der Waals surface area contributed by atoms with E-state index in [1.165, 1.54) is 0 Å². The molecule has 0 saturated carbocycles. The third-order valence-electron chi connectivity index (χ3n) is 5.36. The van der Waals surface area contributed by atoms with Crippen LogP contribution >= 0.6 is 0 Å². The number of hydrogen-bond donors (Lipinski definition) is 2. The molecular weight excluding hydrogens is 376 g/mol. The zero-order chi connectivity index (χ0) is 20.2. The first-order valence-electron chi connectivity index (χ1n) is 10.1. The van der Waals surface area contributed by atoms with Crippen molar-refractivity contribution in [2.24, 2.45) is 0 Å². The van der Waals surface area contributed by atoms with E-state index < -0.39 is 0 Å². The fraction of sp³-hybridized carbons (Fsp3) is 0.550. The van der Waals surface area contributed by atoms with Crippen LogP contribution in [0.25, 0.3) is 0 Å². The van der Waals surface area contributed by atoms with Gasteiger partial charge >= 0.3 is 6.03 Å². The number of rotatable bonds is 6. The Morgan fingerprint density at radius 3 is 2.76 bits per heavy atom. The van der Waals surface area contributed by atoms with Gasteiger partial charge in [-0.15, -0.1) is 0 Å². The molecule has 0 radical (unpaired) electrons. The maximum atomic E-state index is 12.4. The monoisotopic (exact) mass is 402 g/mol. The molecule has 29 heavy (non-hydrogen) atoms. The number of nitrogens with zero attached hydrogens (tertiary/aromatic N) is 2. The Bertz CT molecular complexity index is 799. The van der Waals surface area contributed by atoms with Crippen molar-refractivity contribution in [3.05, 3.63) is 18.2 Å². The number of ether oxygens (including phenoxy) is 2. The third-order valence-corrected chi connectivity index (χ3v) is 5.36. The number of likely N-dealkylation sites (tertiary alicyclic amines) is 1. The van der Waals surface area contributed by atoms with Gasteiger partial charge in [0, 0.05) is 50.8 Å². The van der Waals surface area contributed by atoms with Crippen LogP contribution in [0, 0.1) is 0 Å². The highest BCUT2D eigenvalue weighted by Crippen LogP contribution is 2.35. The number of fused-ring (bicyclic) bond motifs is 1. The average Bonchev–Trinajstić information content (AvgIpc) is 3.29. The minimum absolute atomic E-state index is 0.0421. The molecule has 4 amide bonds. The van der Waals surface area contributed by atoms with Gasteiger partial charge in [0.1, 0.15) is 13.2 Å². The molecule has 156 valence electrons. The molecule has 3 aliphatic rings. The fourth-order valence-electron chi connectivity index (χ4n) is 3.90. The zero-order valence-electron chi connectivity index (χ0n) is 16.3. The van der Waals surface area contributed by atoms with Gasteiger partial charge in [-0.25, -0.2) is 4.79 Å². The first-order chi connectivity index (χ1) is 14.1. The predicted octanol–water partition coefficient (Wildman–Crippen LogP) is 0.875. The van der Waals surface area contributed by atoms with E-state index in [1.807, 2.05) is 11.0 Å². The molecule has 0 spiro atoms. The number of nitrogens with one attached hydrogen (secondary N) is 2. The Morgan fingerprint density at radius 2 is 1.97 bits per heavy atom. The van der Waals surface area contributed by atoms with Crippen molar-refractivity contribution in [1.82, 2.24) is 15.5 Å². The molecular formula is C20H26N4O5. The van der Waals surface area contributed by atoms with Gasteiger partial charge in [-0.05, 0) is 25.0 Å². The second kappa shape index (κ2) is 8.59. The Kier molecular flexibility index (Phi) is 5.73. The van der Waals surface area contributed by atoms with E-state index in [0.717, 1.165) is 18.7 Å². The second-order valence-electron chi connectivity index (χ2n) is 7.47. The Morgan fingerprint density at radius 1 is 1.14 bits per heavy atom. The highest BCUT2D eigenvalue weighted by atomic mass is 16.6. The maximum Gasteiger partial charge on any atom is 0.315 e. The van der Waals surface area contributed by atoms with E-state index in [9.17, 15) is 14.4 Å². The number of hydrogen-bond acceptors (Lipinski definition) is 5. The number of amides is 4. The van der Waals surface area contributed by atoms with Crippen molar-refractivity contribution in [2.75, 3.05) is 44.3 Å². The number of benzene rings is 1. The molecule has 3 heterocycles. The predicted molar refractivity (Wildman–Crippen MR) is 105 cm³/mol. The molecule has 3 aliphatic heterocycles. The molecule has 1 aromatic rings. The Hall–Kier alpha value is -2.97. The first-order valence-corrected chi connectivity index (χ1v) is 10.1. The van der Waals surface area contributed by atoms with Crippen molar-refractivity contribution in [2.45, 2.75) is 31.7 Å². The Labute approximate surface area is 169 Å². The summed E-state index contributed by atoms with van der Waals surface area (Å²) in [4.78, 5) is 39.6. The van der Waals surface area contributed by atoms with Crippen molar-refractivity contribution in [3.8, 4) is 11.5 Å². The van der Waals surface area contributed by atoms with E-state index in [0.29, 0.717) is 57.2 Å². The van der Waals surface area contributed by atoms with Gasteiger partial charge in [-0.3, -0.25) is 9.59 Å². The molecule has 0 bridgehead atoms. The summed E-state index contributed by atoms with van der Waals surface area (Å²) in [5.74, 6) is 1.46. The van der Waals surface area contributed by atoms with Gasteiger partial charge in [-0.1, -0.05) is 0 Å². The van der Waals surface area contributed by atoms with Crippen LogP contribution in [-0.2, 0) is 9.59 Å². The first kappa shape index (κ1) is 19.4. The van der Waals surface area contributed by atoms with Gasteiger partial charge in [0.2, 0.25) is 11.8 Å². The number of carbonyl (C=O) groups is 3. The van der Waals surface area contributed by atoms with E-state index in [1.54, 1.807) is 17.0 Å². The zero-order valence-corrected chi connectivity index (χ0v) is 16.3. The molecule has 4 rings (SSSR count). The topological polar surface area (TPSA) is 100 Å². The number of anilines is 1. The summed E-state index contributed by atoms with van der Waals surface area (Å²) in [5.41, 5.74) is 0.735. The van der Waals surface area contributed by atoms with E-state index in [2.05, 4.69) is 10.6 Å².